The summed E-state index contributed by atoms with van der Waals surface area (Å²) in [5, 5.41) is 6.02. The van der Waals surface area contributed by atoms with Gasteiger partial charge >= 0.3 is 0 Å². The molecule has 0 radical (unpaired) electrons. The summed E-state index contributed by atoms with van der Waals surface area (Å²) >= 11 is 3.27. The molecule has 0 saturated heterocycles. The summed E-state index contributed by atoms with van der Waals surface area (Å²) in [4.78, 5) is 23.9. The highest BCUT2D eigenvalue weighted by molar-refractivity contribution is 7.17. The van der Waals surface area contributed by atoms with Gasteiger partial charge in [0.1, 0.15) is 0 Å². The van der Waals surface area contributed by atoms with E-state index in [-0.39, 0.29) is 5.91 Å². The highest BCUT2D eigenvalue weighted by Gasteiger charge is 2.11. The van der Waals surface area contributed by atoms with Crippen LogP contribution < -0.4 is 5.32 Å². The minimum absolute atomic E-state index is 0.177. The number of rotatable bonds is 5. The zero-order valence-electron chi connectivity index (χ0n) is 15.1. The van der Waals surface area contributed by atoms with Crippen molar-refractivity contribution in [1.29, 1.82) is 0 Å². The largest absolute Gasteiger partial charge is 0.322 e. The van der Waals surface area contributed by atoms with Crippen molar-refractivity contribution in [2.75, 3.05) is 5.32 Å². The van der Waals surface area contributed by atoms with Crippen molar-refractivity contribution in [2.45, 2.75) is 6.92 Å². The van der Waals surface area contributed by atoms with Gasteiger partial charge in [-0.15, -0.1) is 22.7 Å². The Balaban J connectivity index is 1.54. The molecule has 0 saturated carbocycles. The van der Waals surface area contributed by atoms with Crippen molar-refractivity contribution in [3.05, 3.63) is 87.6 Å². The van der Waals surface area contributed by atoms with Crippen molar-refractivity contribution in [3.63, 3.8) is 0 Å². The molecule has 6 heteroatoms. The quantitative estimate of drug-likeness (QED) is 0.404. The highest BCUT2D eigenvalue weighted by atomic mass is 32.1. The Morgan fingerprint density at radius 3 is 2.61 bits per heavy atom. The van der Waals surface area contributed by atoms with Gasteiger partial charge in [-0.25, -0.2) is 4.98 Å². The summed E-state index contributed by atoms with van der Waals surface area (Å²) in [5.41, 5.74) is 2.92. The first kappa shape index (κ1) is 18.3. The molecule has 0 spiro atoms. The number of carbonyl (C=O) groups excluding carboxylic acids is 1. The van der Waals surface area contributed by atoms with Crippen molar-refractivity contribution < 1.29 is 4.79 Å². The second kappa shape index (κ2) is 8.29. The zero-order valence-corrected chi connectivity index (χ0v) is 16.8. The summed E-state index contributed by atoms with van der Waals surface area (Å²) in [6, 6.07) is 20.8. The summed E-state index contributed by atoms with van der Waals surface area (Å²) in [6.45, 7) is 2.00. The molecule has 4 nitrogen and oxygen atoms in total. The van der Waals surface area contributed by atoms with E-state index < -0.39 is 0 Å². The van der Waals surface area contributed by atoms with Gasteiger partial charge in [-0.05, 0) is 43.3 Å². The first-order valence-corrected chi connectivity index (χ1v) is 10.4. The highest BCUT2D eigenvalue weighted by Crippen LogP contribution is 2.29. The molecule has 0 atom stereocenters. The minimum Gasteiger partial charge on any atom is -0.322 e. The number of anilines is 1. The van der Waals surface area contributed by atoms with Crippen LogP contribution in [0.5, 0.6) is 0 Å². The molecule has 4 rings (SSSR count). The predicted octanol–water partition coefficient (Wildman–Crippen LogP) is 6.18. The van der Waals surface area contributed by atoms with Gasteiger partial charge in [0.25, 0.3) is 5.91 Å². The third-order valence-electron chi connectivity index (χ3n) is 4.01. The number of nitrogens with zero attached hydrogens (tertiary/aromatic N) is 2. The van der Waals surface area contributed by atoms with Crippen LogP contribution in [0.15, 0.2) is 77.1 Å². The molecule has 0 fully saturated rings. The number of benzene rings is 2. The lowest BCUT2D eigenvalue weighted by atomic mass is 10.1. The molecule has 1 amide bonds. The van der Waals surface area contributed by atoms with Gasteiger partial charge in [-0.2, -0.15) is 0 Å². The molecule has 1 N–H and O–H groups in total. The summed E-state index contributed by atoms with van der Waals surface area (Å²) < 4.78 is 0. The maximum Gasteiger partial charge on any atom is 0.257 e. The number of thiophene rings is 1. The molecule has 0 aliphatic rings. The molecule has 28 heavy (non-hydrogen) atoms. The minimum atomic E-state index is -0.177. The maximum atomic E-state index is 12.6. The average molecular weight is 404 g/mol. The Bertz CT molecular complexity index is 1130. The maximum absolute atomic E-state index is 12.6. The van der Waals surface area contributed by atoms with Crippen molar-refractivity contribution in [2.24, 2.45) is 4.99 Å². The number of hydrogen-bond donors (Lipinski definition) is 1. The lowest BCUT2D eigenvalue weighted by Gasteiger charge is -2.07. The molecule has 0 aliphatic carbocycles. The van der Waals surface area contributed by atoms with Gasteiger partial charge in [0.2, 0.25) is 0 Å². The molecule has 0 bridgehead atoms. The van der Waals surface area contributed by atoms with E-state index in [1.165, 1.54) is 0 Å². The van der Waals surface area contributed by atoms with Crippen LogP contribution in [0.4, 0.5) is 11.4 Å². The number of hydrogen-bond acceptors (Lipinski definition) is 5. The summed E-state index contributed by atoms with van der Waals surface area (Å²) in [6.07, 6.45) is 1.79. The van der Waals surface area contributed by atoms with Crippen LogP contribution in [-0.2, 0) is 0 Å². The van der Waals surface area contributed by atoms with Gasteiger partial charge < -0.3 is 5.32 Å². The molecule has 0 aliphatic heterocycles. The Morgan fingerprint density at radius 2 is 1.82 bits per heavy atom. The fraction of sp³-hybridized carbons (Fsp3) is 0.0455. The number of thiazole rings is 1. The van der Waals surface area contributed by atoms with Crippen molar-refractivity contribution in [1.82, 2.24) is 4.98 Å². The normalized spacial score (nSPS) is 11.0. The Morgan fingerprint density at radius 1 is 1.04 bits per heavy atom. The Kier molecular flexibility index (Phi) is 5.41. The van der Waals surface area contributed by atoms with Crippen LogP contribution in [0.2, 0.25) is 0 Å². The lowest BCUT2D eigenvalue weighted by molar-refractivity contribution is 0.102. The van der Waals surface area contributed by atoms with E-state index in [9.17, 15) is 4.79 Å². The van der Waals surface area contributed by atoms with E-state index in [1.54, 1.807) is 35.0 Å². The summed E-state index contributed by atoms with van der Waals surface area (Å²) in [7, 11) is 0. The van der Waals surface area contributed by atoms with Crippen LogP contribution in [0.25, 0.3) is 10.6 Å². The number of amides is 1. The van der Waals surface area contributed by atoms with Crippen molar-refractivity contribution in [3.8, 4) is 10.6 Å². The summed E-state index contributed by atoms with van der Waals surface area (Å²) in [5.74, 6) is -0.177. The lowest BCUT2D eigenvalue weighted by Crippen LogP contribution is -2.11. The number of aryl methyl sites for hydroxylation is 1. The van der Waals surface area contributed by atoms with Gasteiger partial charge in [0.05, 0.1) is 26.8 Å². The van der Waals surface area contributed by atoms with Crippen LogP contribution in [0.3, 0.4) is 0 Å². The molecule has 2 aromatic carbocycles. The topological polar surface area (TPSA) is 54.4 Å². The van der Waals surface area contributed by atoms with E-state index in [1.807, 2.05) is 61.5 Å². The number of para-hydroxylation sites is 2. The zero-order chi connectivity index (χ0) is 19.3. The van der Waals surface area contributed by atoms with E-state index in [0.29, 0.717) is 11.3 Å². The van der Waals surface area contributed by atoms with Gasteiger partial charge in [0, 0.05) is 22.2 Å². The molecular formula is C22H17N3OS2. The van der Waals surface area contributed by atoms with Crippen LogP contribution in [0.1, 0.15) is 20.2 Å². The third-order valence-corrected chi connectivity index (χ3v) is 5.83. The Labute approximate surface area is 171 Å². The standard InChI is InChI=1S/C22H17N3OS2/c1-15-24-20(14-27-15)21-12-11-17(28-21)13-23-19-10-6-5-9-18(19)22(26)25-16-7-3-2-4-8-16/h2-14H,1H3,(H,25,26). The second-order valence-corrected chi connectivity index (χ2v) is 8.23. The second-order valence-electron chi connectivity index (χ2n) is 6.05. The van der Waals surface area contributed by atoms with Crippen molar-refractivity contribution >= 4 is 46.2 Å². The fourth-order valence-electron chi connectivity index (χ4n) is 2.67. The van der Waals surface area contributed by atoms with Gasteiger partial charge in [0.15, 0.2) is 0 Å². The van der Waals surface area contributed by atoms with Gasteiger partial charge in [-0.3, -0.25) is 9.79 Å². The number of carbonyl (C=O) groups is 1. The fourth-order valence-corrected chi connectivity index (χ4v) is 4.20. The smallest absolute Gasteiger partial charge is 0.257 e. The molecule has 4 aromatic rings. The molecule has 138 valence electrons. The van der Waals surface area contributed by atoms with Crippen LogP contribution in [0, 0.1) is 6.92 Å². The van der Waals surface area contributed by atoms with Gasteiger partial charge in [-0.1, -0.05) is 30.3 Å². The Hall–Kier alpha value is -3.09. The first-order chi connectivity index (χ1) is 13.7. The monoisotopic (exact) mass is 403 g/mol. The SMILES string of the molecule is Cc1nc(-c2ccc(C=Nc3ccccc3C(=O)Nc3ccccc3)s2)cs1. The third kappa shape index (κ3) is 4.24. The predicted molar refractivity (Wildman–Crippen MR) is 118 cm³/mol. The molecular weight excluding hydrogens is 386 g/mol. The first-order valence-electron chi connectivity index (χ1n) is 8.71. The number of aliphatic imine (C=N–C) groups is 1. The van der Waals surface area contributed by atoms with Crippen LogP contribution >= 0.6 is 22.7 Å². The van der Waals surface area contributed by atoms with E-state index in [4.69, 9.17) is 0 Å². The van der Waals surface area contributed by atoms with E-state index in [0.717, 1.165) is 26.1 Å². The average Bonchev–Trinajstić information content (AvgIpc) is 3.36. The number of aromatic nitrogens is 1. The molecule has 2 heterocycles. The molecule has 2 aromatic heterocycles. The number of nitrogens with one attached hydrogen (secondary N) is 1. The van der Waals surface area contributed by atoms with E-state index in [2.05, 4.69) is 26.7 Å². The van der Waals surface area contributed by atoms with E-state index >= 15 is 0 Å². The molecule has 0 unspecified atom stereocenters. The van der Waals surface area contributed by atoms with Crippen LogP contribution in [-0.4, -0.2) is 17.1 Å².